The molecule has 37 heavy (non-hydrogen) atoms. The van der Waals surface area contributed by atoms with Crippen LogP contribution in [0.25, 0.3) is 10.2 Å². The number of sulfonamides is 1. The monoisotopic (exact) mass is 564 g/mol. The van der Waals surface area contributed by atoms with Gasteiger partial charge in [-0.2, -0.15) is 4.31 Å². The zero-order valence-electron chi connectivity index (χ0n) is 21.3. The SMILES string of the molecule is COCCN(CCOC)S(=O)(=O)c1ccc(C(=O)N2CCN(c3nc4ccc(SC)cc4s3)CC2)cc1. The number of piperazine rings is 1. The number of amides is 1. The molecule has 2 heterocycles. The van der Waals surface area contributed by atoms with Crippen molar-refractivity contribution in [2.45, 2.75) is 9.79 Å². The van der Waals surface area contributed by atoms with E-state index in [0.717, 1.165) is 10.6 Å². The number of rotatable bonds is 11. The molecule has 12 heteroatoms. The highest BCUT2D eigenvalue weighted by atomic mass is 32.2. The largest absolute Gasteiger partial charge is 0.383 e. The molecule has 0 spiro atoms. The normalized spacial score (nSPS) is 14.6. The van der Waals surface area contributed by atoms with Crippen LogP contribution in [0.5, 0.6) is 0 Å². The van der Waals surface area contributed by atoms with Crippen LogP contribution in [0.2, 0.25) is 0 Å². The fraction of sp³-hybridized carbons (Fsp3) is 0.440. The Kier molecular flexibility index (Phi) is 9.43. The Morgan fingerprint density at radius 2 is 1.68 bits per heavy atom. The molecule has 0 unspecified atom stereocenters. The van der Waals surface area contributed by atoms with Crippen molar-refractivity contribution in [2.24, 2.45) is 0 Å². The summed E-state index contributed by atoms with van der Waals surface area (Å²) in [6, 6.07) is 12.5. The number of anilines is 1. The fourth-order valence-electron chi connectivity index (χ4n) is 4.10. The van der Waals surface area contributed by atoms with E-state index in [1.165, 1.54) is 40.3 Å². The first-order chi connectivity index (χ1) is 17.9. The van der Waals surface area contributed by atoms with Crippen molar-refractivity contribution in [2.75, 3.05) is 77.9 Å². The molecule has 1 aromatic heterocycles. The van der Waals surface area contributed by atoms with Crippen molar-refractivity contribution in [3.8, 4) is 0 Å². The standard InChI is InChI=1S/C25H32N4O5S3/c1-33-16-14-29(15-17-34-2)37(31,32)21-7-4-19(5-8-21)24(30)27-10-12-28(13-11-27)25-26-22-9-6-20(35-3)18-23(22)36-25/h4-9,18H,10-17H2,1-3H3. The number of fused-ring (bicyclic) bond motifs is 1. The van der Waals surface area contributed by atoms with E-state index in [4.69, 9.17) is 14.5 Å². The highest BCUT2D eigenvalue weighted by Crippen LogP contribution is 2.32. The number of aromatic nitrogens is 1. The van der Waals surface area contributed by atoms with Crippen LogP contribution in [-0.4, -0.2) is 101 Å². The third kappa shape index (κ3) is 6.44. The smallest absolute Gasteiger partial charge is 0.253 e. The van der Waals surface area contributed by atoms with E-state index >= 15 is 0 Å². The van der Waals surface area contributed by atoms with Crippen molar-refractivity contribution in [1.29, 1.82) is 0 Å². The molecule has 1 aliphatic heterocycles. The summed E-state index contributed by atoms with van der Waals surface area (Å²) in [7, 11) is -0.673. The van der Waals surface area contributed by atoms with E-state index in [-0.39, 0.29) is 37.1 Å². The van der Waals surface area contributed by atoms with Gasteiger partial charge in [0.25, 0.3) is 5.91 Å². The van der Waals surface area contributed by atoms with Crippen LogP contribution < -0.4 is 4.90 Å². The number of nitrogens with zero attached hydrogens (tertiary/aromatic N) is 4. The van der Waals surface area contributed by atoms with Crippen LogP contribution in [0.3, 0.4) is 0 Å². The summed E-state index contributed by atoms with van der Waals surface area (Å²) >= 11 is 3.39. The summed E-state index contributed by atoms with van der Waals surface area (Å²) in [5.74, 6) is -0.104. The van der Waals surface area contributed by atoms with Gasteiger partial charge in [-0.1, -0.05) is 11.3 Å². The number of hydrogen-bond acceptors (Lipinski definition) is 9. The number of hydrogen-bond donors (Lipinski definition) is 0. The van der Waals surface area contributed by atoms with Crippen LogP contribution >= 0.6 is 23.1 Å². The molecule has 0 N–H and O–H groups in total. The Balaban J connectivity index is 1.39. The summed E-state index contributed by atoms with van der Waals surface area (Å²) < 4.78 is 38.8. The Morgan fingerprint density at radius 1 is 1.03 bits per heavy atom. The van der Waals surface area contributed by atoms with Crippen LogP contribution in [0.15, 0.2) is 52.3 Å². The molecule has 200 valence electrons. The van der Waals surface area contributed by atoms with E-state index in [1.807, 2.05) is 4.90 Å². The third-order valence-corrected chi connectivity index (χ3v) is 9.97. The summed E-state index contributed by atoms with van der Waals surface area (Å²) in [5, 5.41) is 0.974. The van der Waals surface area contributed by atoms with Crippen LogP contribution in [-0.2, 0) is 19.5 Å². The van der Waals surface area contributed by atoms with E-state index in [2.05, 4.69) is 29.4 Å². The van der Waals surface area contributed by atoms with Gasteiger partial charge in [0.05, 0.1) is 28.3 Å². The lowest BCUT2D eigenvalue weighted by molar-refractivity contribution is 0.0746. The minimum absolute atomic E-state index is 0.104. The fourth-order valence-corrected chi connectivity index (χ4v) is 7.07. The van der Waals surface area contributed by atoms with Crippen molar-refractivity contribution < 1.29 is 22.7 Å². The molecule has 1 aliphatic rings. The van der Waals surface area contributed by atoms with Gasteiger partial charge in [-0.25, -0.2) is 13.4 Å². The molecule has 4 rings (SSSR count). The maximum atomic E-state index is 13.1. The average molecular weight is 565 g/mol. The number of carbonyl (C=O) groups is 1. The predicted molar refractivity (Wildman–Crippen MR) is 148 cm³/mol. The van der Waals surface area contributed by atoms with Gasteiger partial charge in [-0.05, 0) is 48.7 Å². The zero-order chi connectivity index (χ0) is 26.4. The van der Waals surface area contributed by atoms with Gasteiger partial charge in [0.1, 0.15) is 0 Å². The van der Waals surface area contributed by atoms with Crippen molar-refractivity contribution >= 4 is 54.4 Å². The molecule has 1 fully saturated rings. The quantitative estimate of drug-likeness (QED) is 0.328. The molecule has 0 aliphatic carbocycles. The van der Waals surface area contributed by atoms with Crippen LogP contribution in [0.1, 0.15) is 10.4 Å². The molecule has 0 atom stereocenters. The van der Waals surface area contributed by atoms with Gasteiger partial charge in [-0.15, -0.1) is 11.8 Å². The number of carbonyl (C=O) groups excluding carboxylic acids is 1. The van der Waals surface area contributed by atoms with Crippen LogP contribution in [0.4, 0.5) is 5.13 Å². The molecule has 2 aromatic carbocycles. The minimum atomic E-state index is -3.73. The van der Waals surface area contributed by atoms with Gasteiger partial charge < -0.3 is 19.3 Å². The van der Waals surface area contributed by atoms with Crippen molar-refractivity contribution in [3.05, 3.63) is 48.0 Å². The maximum Gasteiger partial charge on any atom is 0.253 e. The van der Waals surface area contributed by atoms with E-state index in [0.29, 0.717) is 31.7 Å². The molecular weight excluding hydrogens is 532 g/mol. The molecule has 1 amide bonds. The van der Waals surface area contributed by atoms with Gasteiger partial charge in [0.2, 0.25) is 10.0 Å². The molecular formula is C25H32N4O5S3. The molecule has 9 nitrogen and oxygen atoms in total. The summed E-state index contributed by atoms with van der Waals surface area (Å²) in [5.41, 5.74) is 1.46. The topological polar surface area (TPSA) is 92.3 Å². The molecule has 0 saturated carbocycles. The summed E-state index contributed by atoms with van der Waals surface area (Å²) in [6.45, 7) is 3.55. The van der Waals surface area contributed by atoms with Gasteiger partial charge in [-0.3, -0.25) is 4.79 Å². The lowest BCUT2D eigenvalue weighted by atomic mass is 10.2. The third-order valence-electron chi connectivity index (χ3n) is 6.25. The second-order valence-corrected chi connectivity index (χ2v) is 12.4. The maximum absolute atomic E-state index is 13.1. The highest BCUT2D eigenvalue weighted by Gasteiger charge is 2.26. The number of thiazole rings is 1. The van der Waals surface area contributed by atoms with Crippen LogP contribution in [0, 0.1) is 0 Å². The number of ether oxygens (including phenoxy) is 2. The van der Waals surface area contributed by atoms with E-state index in [9.17, 15) is 13.2 Å². The first kappa shape index (κ1) is 27.8. The van der Waals surface area contributed by atoms with E-state index < -0.39 is 10.0 Å². The zero-order valence-corrected chi connectivity index (χ0v) is 23.7. The summed E-state index contributed by atoms with van der Waals surface area (Å²) in [4.78, 5) is 23.3. The molecule has 0 bridgehead atoms. The molecule has 0 radical (unpaired) electrons. The average Bonchev–Trinajstić information content (AvgIpc) is 3.36. The minimum Gasteiger partial charge on any atom is -0.383 e. The molecule has 1 saturated heterocycles. The second kappa shape index (κ2) is 12.5. The van der Waals surface area contributed by atoms with Gasteiger partial charge in [0, 0.05) is 63.9 Å². The first-order valence-electron chi connectivity index (χ1n) is 11.9. The second-order valence-electron chi connectivity index (χ2n) is 8.52. The lowest BCUT2D eigenvalue weighted by Crippen LogP contribution is -2.48. The summed E-state index contributed by atoms with van der Waals surface area (Å²) in [6.07, 6.45) is 2.06. The Bertz CT molecular complexity index is 1300. The highest BCUT2D eigenvalue weighted by molar-refractivity contribution is 7.98. The van der Waals surface area contributed by atoms with Crippen molar-refractivity contribution in [1.82, 2.24) is 14.2 Å². The number of benzene rings is 2. The Hall–Kier alpha value is -2.22. The lowest BCUT2D eigenvalue weighted by Gasteiger charge is -2.34. The van der Waals surface area contributed by atoms with E-state index in [1.54, 1.807) is 35.2 Å². The number of thioether (sulfide) groups is 1. The Labute approximate surface area is 226 Å². The Morgan fingerprint density at radius 3 is 2.27 bits per heavy atom. The molecule has 3 aromatic rings. The van der Waals surface area contributed by atoms with Gasteiger partial charge >= 0.3 is 0 Å². The first-order valence-corrected chi connectivity index (χ1v) is 15.4. The van der Waals surface area contributed by atoms with Gasteiger partial charge in [0.15, 0.2) is 5.13 Å². The van der Waals surface area contributed by atoms with Crippen molar-refractivity contribution in [3.63, 3.8) is 0 Å². The predicted octanol–water partition coefficient (Wildman–Crippen LogP) is 3.26. The number of methoxy groups -OCH3 is 2.